The number of rotatable bonds is 4. The highest BCUT2D eigenvalue weighted by Gasteiger charge is 2.26. The number of nitrogens with zero attached hydrogens (tertiary/aromatic N) is 2. The van der Waals surface area contributed by atoms with Gasteiger partial charge in [-0.1, -0.05) is 19.1 Å². The summed E-state index contributed by atoms with van der Waals surface area (Å²) in [5.41, 5.74) is 3.19. The number of nitrogens with one attached hydrogen (secondary N) is 1. The fraction of sp³-hybridized carbons (Fsp3) is 0.471. The highest BCUT2D eigenvalue weighted by atomic mass is 16.2. The third-order valence-electron chi connectivity index (χ3n) is 3.88. The summed E-state index contributed by atoms with van der Waals surface area (Å²) < 4.78 is 0. The van der Waals surface area contributed by atoms with E-state index >= 15 is 0 Å². The highest BCUT2D eigenvalue weighted by Crippen LogP contribution is 2.25. The molecule has 1 unspecified atom stereocenters. The van der Waals surface area contributed by atoms with Gasteiger partial charge in [-0.3, -0.25) is 9.59 Å². The lowest BCUT2D eigenvalue weighted by Crippen LogP contribution is -2.42. The van der Waals surface area contributed by atoms with Crippen LogP contribution in [0, 0.1) is 13.8 Å². The van der Waals surface area contributed by atoms with Gasteiger partial charge in [0.05, 0.1) is 5.69 Å². The first-order valence-electron chi connectivity index (χ1n) is 7.71. The maximum absolute atomic E-state index is 12.2. The maximum atomic E-state index is 12.2. The molecule has 1 aromatic rings. The van der Waals surface area contributed by atoms with Crippen LogP contribution >= 0.6 is 0 Å². The largest absolute Gasteiger partial charge is 0.348 e. The Bertz CT molecular complexity index is 622. The van der Waals surface area contributed by atoms with Crippen LogP contribution in [0.5, 0.6) is 0 Å². The summed E-state index contributed by atoms with van der Waals surface area (Å²) in [7, 11) is 0. The van der Waals surface area contributed by atoms with E-state index in [1.54, 1.807) is 0 Å². The lowest BCUT2D eigenvalue weighted by Gasteiger charge is -2.25. The Kier molecular flexibility index (Phi) is 4.96. The molecule has 5 nitrogen and oxygen atoms in total. The molecule has 0 fully saturated rings. The fourth-order valence-electron chi connectivity index (χ4n) is 2.26. The van der Waals surface area contributed by atoms with E-state index in [-0.39, 0.29) is 17.9 Å². The van der Waals surface area contributed by atoms with Gasteiger partial charge in [-0.05, 0) is 44.4 Å². The fourth-order valence-corrected chi connectivity index (χ4v) is 2.26. The van der Waals surface area contributed by atoms with E-state index in [4.69, 9.17) is 0 Å². The van der Waals surface area contributed by atoms with Crippen LogP contribution in [0.25, 0.3) is 0 Å². The van der Waals surface area contributed by atoms with Crippen molar-refractivity contribution in [2.75, 3.05) is 5.01 Å². The topological polar surface area (TPSA) is 61.8 Å². The third-order valence-corrected chi connectivity index (χ3v) is 3.88. The number of amides is 2. The molecule has 0 radical (unpaired) electrons. The van der Waals surface area contributed by atoms with Crippen LogP contribution in [0.15, 0.2) is 23.3 Å². The minimum atomic E-state index is -0.183. The van der Waals surface area contributed by atoms with Gasteiger partial charge in [-0.2, -0.15) is 5.10 Å². The number of carbonyl (C=O) groups is 2. The molecular weight excluding hydrogens is 278 g/mol. The number of hydrazone groups is 1. The Hall–Kier alpha value is -2.17. The first-order valence-corrected chi connectivity index (χ1v) is 7.71. The van der Waals surface area contributed by atoms with Crippen molar-refractivity contribution < 1.29 is 9.59 Å². The first-order chi connectivity index (χ1) is 10.4. The summed E-state index contributed by atoms with van der Waals surface area (Å²) in [5, 5.41) is 8.59. The zero-order valence-corrected chi connectivity index (χ0v) is 13.6. The van der Waals surface area contributed by atoms with Gasteiger partial charge in [0, 0.05) is 18.9 Å². The lowest BCUT2D eigenvalue weighted by molar-refractivity contribution is -0.119. The predicted octanol–water partition coefficient (Wildman–Crippen LogP) is 2.70. The Morgan fingerprint density at radius 3 is 2.77 bits per heavy atom. The molecule has 1 aromatic carbocycles. The van der Waals surface area contributed by atoms with E-state index in [1.807, 2.05) is 45.9 Å². The van der Waals surface area contributed by atoms with Crippen molar-refractivity contribution in [2.45, 2.75) is 53.0 Å². The van der Waals surface area contributed by atoms with Gasteiger partial charge in [-0.15, -0.1) is 0 Å². The molecule has 0 aromatic heterocycles. The molecule has 0 saturated heterocycles. The summed E-state index contributed by atoms with van der Waals surface area (Å²) in [6.45, 7) is 7.87. The normalized spacial score (nSPS) is 16.3. The van der Waals surface area contributed by atoms with Crippen LogP contribution < -0.4 is 10.3 Å². The van der Waals surface area contributed by atoms with E-state index in [1.165, 1.54) is 5.01 Å². The first kappa shape index (κ1) is 16.2. The Morgan fingerprint density at radius 1 is 1.36 bits per heavy atom. The molecule has 0 saturated carbocycles. The van der Waals surface area contributed by atoms with Crippen molar-refractivity contribution in [3.63, 3.8) is 0 Å². The van der Waals surface area contributed by atoms with Crippen molar-refractivity contribution >= 4 is 23.2 Å². The molecule has 1 N–H and O–H groups in total. The van der Waals surface area contributed by atoms with Gasteiger partial charge in [0.1, 0.15) is 5.71 Å². The Labute approximate surface area is 131 Å². The van der Waals surface area contributed by atoms with E-state index in [0.717, 1.165) is 23.2 Å². The average molecular weight is 301 g/mol. The minimum absolute atomic E-state index is 0.0752. The van der Waals surface area contributed by atoms with E-state index < -0.39 is 0 Å². The number of aryl methyl sites for hydroxylation is 2. The van der Waals surface area contributed by atoms with Gasteiger partial charge in [-0.25, -0.2) is 5.01 Å². The molecule has 1 heterocycles. The van der Waals surface area contributed by atoms with Gasteiger partial charge in [0.25, 0.3) is 5.91 Å². The molecule has 0 aliphatic carbocycles. The third kappa shape index (κ3) is 3.53. The average Bonchev–Trinajstić information content (AvgIpc) is 2.50. The second-order valence-corrected chi connectivity index (χ2v) is 5.82. The van der Waals surface area contributed by atoms with Crippen molar-refractivity contribution in [3.05, 3.63) is 29.3 Å². The predicted molar refractivity (Wildman–Crippen MR) is 88.0 cm³/mol. The number of hydrogen-bond donors (Lipinski definition) is 1. The zero-order valence-electron chi connectivity index (χ0n) is 13.6. The van der Waals surface area contributed by atoms with Crippen LogP contribution in [0.2, 0.25) is 0 Å². The summed E-state index contributed by atoms with van der Waals surface area (Å²) >= 11 is 0. The van der Waals surface area contributed by atoms with E-state index in [2.05, 4.69) is 10.4 Å². The molecule has 1 aliphatic heterocycles. The molecule has 1 aliphatic rings. The SMILES string of the molecule is CCC(C)NC(=O)C1=NN(c2cc(C)ccc2C)C(=O)CC1. The summed E-state index contributed by atoms with van der Waals surface area (Å²) in [4.78, 5) is 24.4. The monoisotopic (exact) mass is 301 g/mol. The van der Waals surface area contributed by atoms with E-state index in [9.17, 15) is 9.59 Å². The molecule has 2 amide bonds. The standard InChI is InChI=1S/C17H23N3O2/c1-5-13(4)18-17(22)14-8-9-16(21)20(19-14)15-10-11(2)6-7-12(15)3/h6-7,10,13H,5,8-9H2,1-4H3,(H,18,22). The van der Waals surface area contributed by atoms with Gasteiger partial charge < -0.3 is 5.32 Å². The van der Waals surface area contributed by atoms with Crippen LogP contribution in [-0.4, -0.2) is 23.6 Å². The molecule has 5 heteroatoms. The molecule has 1 atom stereocenters. The second-order valence-electron chi connectivity index (χ2n) is 5.82. The number of anilines is 1. The molecule has 0 bridgehead atoms. The number of carbonyl (C=O) groups excluding carboxylic acids is 2. The smallest absolute Gasteiger partial charge is 0.267 e. The Balaban J connectivity index is 2.30. The van der Waals surface area contributed by atoms with Crippen molar-refractivity contribution in [1.82, 2.24) is 5.32 Å². The maximum Gasteiger partial charge on any atom is 0.267 e. The number of benzene rings is 1. The highest BCUT2D eigenvalue weighted by molar-refractivity contribution is 6.40. The van der Waals surface area contributed by atoms with Crippen LogP contribution in [-0.2, 0) is 9.59 Å². The molecular formula is C17H23N3O2. The van der Waals surface area contributed by atoms with Gasteiger partial charge >= 0.3 is 0 Å². The van der Waals surface area contributed by atoms with E-state index in [0.29, 0.717) is 18.6 Å². The molecule has 2 rings (SSSR count). The zero-order chi connectivity index (χ0) is 16.3. The number of hydrogen-bond acceptors (Lipinski definition) is 3. The second kappa shape index (κ2) is 6.73. The Morgan fingerprint density at radius 2 is 2.09 bits per heavy atom. The summed E-state index contributed by atoms with van der Waals surface area (Å²) in [6, 6.07) is 5.97. The molecule has 22 heavy (non-hydrogen) atoms. The summed E-state index contributed by atoms with van der Waals surface area (Å²) in [5.74, 6) is -0.258. The minimum Gasteiger partial charge on any atom is -0.348 e. The van der Waals surface area contributed by atoms with Gasteiger partial charge in [0.15, 0.2) is 0 Å². The van der Waals surface area contributed by atoms with Crippen molar-refractivity contribution in [3.8, 4) is 0 Å². The van der Waals surface area contributed by atoms with Gasteiger partial charge in [0.2, 0.25) is 5.91 Å². The van der Waals surface area contributed by atoms with Crippen molar-refractivity contribution in [1.29, 1.82) is 0 Å². The lowest BCUT2D eigenvalue weighted by atomic mass is 10.1. The van der Waals surface area contributed by atoms with Crippen molar-refractivity contribution in [2.24, 2.45) is 5.10 Å². The van der Waals surface area contributed by atoms with Crippen LogP contribution in [0.3, 0.4) is 0 Å². The van der Waals surface area contributed by atoms with Crippen LogP contribution in [0.1, 0.15) is 44.2 Å². The summed E-state index contributed by atoms with van der Waals surface area (Å²) in [6.07, 6.45) is 1.56. The molecule has 118 valence electrons. The van der Waals surface area contributed by atoms with Crippen LogP contribution in [0.4, 0.5) is 5.69 Å². The molecule has 0 spiro atoms. The quantitative estimate of drug-likeness (QED) is 0.929.